The number of ether oxygens (including phenoxy) is 3. The molecule has 1 fully saturated rings. The van der Waals surface area contributed by atoms with Gasteiger partial charge in [0.2, 0.25) is 0 Å². The smallest absolute Gasteiger partial charge is 0.292 e. The minimum atomic E-state index is -1.38. The maximum absolute atomic E-state index is 13.3. The Hall–Kier alpha value is -2.08. The number of benzene rings is 2. The van der Waals surface area contributed by atoms with E-state index in [4.69, 9.17) is 25.8 Å². The summed E-state index contributed by atoms with van der Waals surface area (Å²) in [5.41, 5.74) is 2.24. The normalized spacial score (nSPS) is 17.4. The fourth-order valence-corrected chi connectivity index (χ4v) is 4.05. The molecule has 0 atom stereocenters. The lowest BCUT2D eigenvalue weighted by atomic mass is 10.1. The molecule has 2 aromatic rings. The molecule has 0 bridgehead atoms. The molecule has 2 aliphatic rings. The summed E-state index contributed by atoms with van der Waals surface area (Å²) < 4.78 is 17.6. The van der Waals surface area contributed by atoms with Gasteiger partial charge in [-0.25, -0.2) is 0 Å². The highest BCUT2D eigenvalue weighted by molar-refractivity contribution is 6.35. The van der Waals surface area contributed by atoms with Crippen molar-refractivity contribution in [1.29, 1.82) is 0 Å². The Bertz CT molecular complexity index is 863. The molecule has 6 heteroatoms. The number of para-hydroxylation sites is 2. The van der Waals surface area contributed by atoms with Gasteiger partial charge < -0.3 is 19.1 Å². The van der Waals surface area contributed by atoms with E-state index < -0.39 is 5.79 Å². The zero-order valence-electron chi connectivity index (χ0n) is 15.9. The predicted octanol–water partition coefficient (Wildman–Crippen LogP) is 4.66. The zero-order chi connectivity index (χ0) is 19.6. The number of amides is 1. The summed E-state index contributed by atoms with van der Waals surface area (Å²) in [6.07, 6.45) is 3.28. The van der Waals surface area contributed by atoms with Gasteiger partial charge in [-0.15, -0.1) is 0 Å². The average Bonchev–Trinajstić information content (AvgIpc) is 3.28. The Morgan fingerprint density at radius 1 is 1.11 bits per heavy atom. The number of anilines is 1. The van der Waals surface area contributed by atoms with E-state index in [1.807, 2.05) is 36.4 Å². The molecule has 1 spiro atoms. The van der Waals surface area contributed by atoms with Crippen LogP contribution in [0.2, 0.25) is 5.02 Å². The van der Waals surface area contributed by atoms with E-state index in [1.165, 1.54) is 0 Å². The average molecular weight is 402 g/mol. The summed E-state index contributed by atoms with van der Waals surface area (Å²) in [5.74, 6) is -0.833. The maximum Gasteiger partial charge on any atom is 0.292 e. The van der Waals surface area contributed by atoms with Crippen LogP contribution in [0.1, 0.15) is 37.3 Å². The molecule has 1 saturated heterocycles. The highest BCUT2D eigenvalue weighted by Crippen LogP contribution is 2.49. The molecule has 1 amide bonds. The maximum atomic E-state index is 13.3. The number of unbranched alkanes of at least 4 members (excludes halogenated alkanes) is 2. The van der Waals surface area contributed by atoms with Crippen molar-refractivity contribution in [2.45, 2.75) is 38.5 Å². The summed E-state index contributed by atoms with van der Waals surface area (Å²) in [6.45, 7) is 3.92. The first-order valence-corrected chi connectivity index (χ1v) is 10.1. The summed E-state index contributed by atoms with van der Waals surface area (Å²) in [6, 6.07) is 13.2. The fraction of sp³-hybridized carbons (Fsp3) is 0.409. The van der Waals surface area contributed by atoms with Crippen LogP contribution in [0.25, 0.3) is 0 Å². The minimum Gasteiger partial charge on any atom is -0.493 e. The molecule has 148 valence electrons. The van der Waals surface area contributed by atoms with Crippen molar-refractivity contribution in [2.24, 2.45) is 0 Å². The molecule has 0 aromatic heterocycles. The van der Waals surface area contributed by atoms with Crippen molar-refractivity contribution in [2.75, 3.05) is 24.7 Å². The quantitative estimate of drug-likeness (QED) is 0.633. The van der Waals surface area contributed by atoms with Crippen LogP contribution >= 0.6 is 11.6 Å². The molecule has 4 rings (SSSR count). The van der Waals surface area contributed by atoms with Crippen LogP contribution in [0.3, 0.4) is 0 Å². The highest BCUT2D eigenvalue weighted by atomic mass is 35.5. The number of halogens is 1. The first-order chi connectivity index (χ1) is 13.7. The van der Waals surface area contributed by atoms with Crippen LogP contribution in [0.15, 0.2) is 42.5 Å². The SMILES string of the molecule is CCCCCOc1ccccc1CN1C(=O)C2(OCCO2)c2cccc(Cl)c21. The van der Waals surface area contributed by atoms with E-state index >= 15 is 0 Å². The summed E-state index contributed by atoms with van der Waals surface area (Å²) >= 11 is 6.48. The van der Waals surface area contributed by atoms with Gasteiger partial charge in [0.05, 0.1) is 37.1 Å². The number of carbonyl (C=O) groups excluding carboxylic acids is 1. The minimum absolute atomic E-state index is 0.242. The molecule has 28 heavy (non-hydrogen) atoms. The second-order valence-electron chi connectivity index (χ2n) is 7.00. The van der Waals surface area contributed by atoms with Crippen molar-refractivity contribution < 1.29 is 19.0 Å². The molecule has 0 saturated carbocycles. The molecule has 0 aliphatic carbocycles. The van der Waals surface area contributed by atoms with Crippen LogP contribution in [-0.2, 0) is 26.6 Å². The van der Waals surface area contributed by atoms with Crippen LogP contribution in [0.4, 0.5) is 5.69 Å². The lowest BCUT2D eigenvalue weighted by molar-refractivity contribution is -0.180. The van der Waals surface area contributed by atoms with Gasteiger partial charge in [-0.05, 0) is 18.6 Å². The van der Waals surface area contributed by atoms with E-state index in [0.717, 1.165) is 30.6 Å². The lowest BCUT2D eigenvalue weighted by Crippen LogP contribution is -2.41. The van der Waals surface area contributed by atoms with Crippen LogP contribution in [-0.4, -0.2) is 25.7 Å². The molecule has 5 nitrogen and oxygen atoms in total. The molecular weight excluding hydrogens is 378 g/mol. The summed E-state index contributed by atoms with van der Waals surface area (Å²) in [4.78, 5) is 15.0. The van der Waals surface area contributed by atoms with Gasteiger partial charge >= 0.3 is 0 Å². The van der Waals surface area contributed by atoms with Gasteiger partial charge in [-0.2, -0.15) is 0 Å². The second kappa shape index (κ2) is 8.11. The Kier molecular flexibility index (Phi) is 5.58. The van der Waals surface area contributed by atoms with E-state index in [1.54, 1.807) is 11.0 Å². The standard InChI is InChI=1S/C22H24ClNO4/c1-2-3-6-12-26-19-11-5-4-8-16(19)15-24-20-17(9-7-10-18(20)23)22(21(24)25)27-13-14-28-22/h4-5,7-11H,2-3,6,12-15H2,1H3. The van der Waals surface area contributed by atoms with Gasteiger partial charge in [-0.3, -0.25) is 4.79 Å². The molecule has 0 unspecified atom stereocenters. The summed E-state index contributed by atoms with van der Waals surface area (Å²) in [5, 5.41) is 0.503. The number of fused-ring (bicyclic) bond motifs is 2. The van der Waals surface area contributed by atoms with Crippen LogP contribution in [0, 0.1) is 0 Å². The predicted molar refractivity (Wildman–Crippen MR) is 108 cm³/mol. The van der Waals surface area contributed by atoms with Crippen molar-refractivity contribution in [1.82, 2.24) is 0 Å². The van der Waals surface area contributed by atoms with Gasteiger partial charge in [0.15, 0.2) is 0 Å². The van der Waals surface area contributed by atoms with E-state index in [0.29, 0.717) is 42.6 Å². The van der Waals surface area contributed by atoms with Crippen molar-refractivity contribution >= 4 is 23.2 Å². The largest absolute Gasteiger partial charge is 0.493 e. The molecule has 0 radical (unpaired) electrons. The van der Waals surface area contributed by atoms with Crippen LogP contribution in [0.5, 0.6) is 5.75 Å². The lowest BCUT2D eigenvalue weighted by Gasteiger charge is -2.23. The summed E-state index contributed by atoms with van der Waals surface area (Å²) in [7, 11) is 0. The van der Waals surface area contributed by atoms with Gasteiger partial charge in [0.1, 0.15) is 5.75 Å². The van der Waals surface area contributed by atoms with Gasteiger partial charge in [-0.1, -0.05) is 61.7 Å². The molecule has 0 N–H and O–H groups in total. The topological polar surface area (TPSA) is 48.0 Å². The Balaban J connectivity index is 1.64. The third-order valence-electron chi connectivity index (χ3n) is 5.14. The van der Waals surface area contributed by atoms with Gasteiger partial charge in [0, 0.05) is 11.1 Å². The Labute approximate surface area is 170 Å². The first kappa shape index (κ1) is 19.2. The third kappa shape index (κ3) is 3.28. The van der Waals surface area contributed by atoms with E-state index in [9.17, 15) is 4.79 Å². The van der Waals surface area contributed by atoms with Crippen molar-refractivity contribution in [3.63, 3.8) is 0 Å². The first-order valence-electron chi connectivity index (χ1n) is 9.77. The molecular formula is C22H24ClNO4. The number of nitrogens with zero attached hydrogens (tertiary/aromatic N) is 1. The Morgan fingerprint density at radius 2 is 1.89 bits per heavy atom. The van der Waals surface area contributed by atoms with Crippen molar-refractivity contribution in [3.05, 3.63) is 58.6 Å². The van der Waals surface area contributed by atoms with Crippen molar-refractivity contribution in [3.8, 4) is 5.75 Å². The van der Waals surface area contributed by atoms with E-state index in [-0.39, 0.29) is 5.91 Å². The molecule has 2 heterocycles. The fourth-order valence-electron chi connectivity index (χ4n) is 3.77. The van der Waals surface area contributed by atoms with Crippen LogP contribution < -0.4 is 9.64 Å². The van der Waals surface area contributed by atoms with Gasteiger partial charge in [0.25, 0.3) is 11.7 Å². The molecule has 2 aliphatic heterocycles. The second-order valence-corrected chi connectivity index (χ2v) is 7.41. The number of carbonyl (C=O) groups is 1. The molecule has 2 aromatic carbocycles. The number of hydrogen-bond acceptors (Lipinski definition) is 4. The number of rotatable bonds is 7. The van der Waals surface area contributed by atoms with E-state index in [2.05, 4.69) is 6.92 Å². The monoisotopic (exact) mass is 401 g/mol. The highest BCUT2D eigenvalue weighted by Gasteiger charge is 2.56. The third-order valence-corrected chi connectivity index (χ3v) is 5.44. The number of hydrogen-bond donors (Lipinski definition) is 0. The zero-order valence-corrected chi connectivity index (χ0v) is 16.7. The Morgan fingerprint density at radius 3 is 2.68 bits per heavy atom.